The molecule has 0 amide bonds. The molecule has 2 rings (SSSR count). The van der Waals surface area contributed by atoms with Gasteiger partial charge in [0.2, 0.25) is 0 Å². The van der Waals surface area contributed by atoms with Gasteiger partial charge in [0.1, 0.15) is 5.60 Å². The summed E-state index contributed by atoms with van der Waals surface area (Å²) in [5.41, 5.74) is 2.31. The molecule has 0 spiro atoms. The van der Waals surface area contributed by atoms with Crippen molar-refractivity contribution in [3.05, 3.63) is 51.8 Å². The van der Waals surface area contributed by atoms with E-state index < -0.39 is 5.60 Å². The molecule has 0 fully saturated rings. The van der Waals surface area contributed by atoms with E-state index in [1.807, 2.05) is 19.3 Å². The lowest BCUT2D eigenvalue weighted by Gasteiger charge is -2.22. The van der Waals surface area contributed by atoms with Crippen LogP contribution in [0.3, 0.4) is 0 Å². The first-order valence-corrected chi connectivity index (χ1v) is 7.35. The molecule has 2 N–H and O–H groups in total. The van der Waals surface area contributed by atoms with Crippen LogP contribution in [0, 0.1) is 6.92 Å². The summed E-state index contributed by atoms with van der Waals surface area (Å²) < 4.78 is 2.81. The van der Waals surface area contributed by atoms with Crippen LogP contribution in [0.2, 0.25) is 0 Å². The van der Waals surface area contributed by atoms with E-state index in [-0.39, 0.29) is 0 Å². The highest BCUT2D eigenvalue weighted by atomic mass is 79.9. The third kappa shape index (κ3) is 3.69. The van der Waals surface area contributed by atoms with Crippen molar-refractivity contribution in [2.24, 2.45) is 7.05 Å². The number of aromatic nitrogens is 2. The summed E-state index contributed by atoms with van der Waals surface area (Å²) in [7, 11) is 1.84. The molecule has 0 aliphatic heterocycles. The Hall–Kier alpha value is -1.17. The molecule has 5 heteroatoms. The van der Waals surface area contributed by atoms with Crippen molar-refractivity contribution in [3.8, 4) is 0 Å². The van der Waals surface area contributed by atoms with Crippen LogP contribution in [-0.2, 0) is 19.2 Å². The van der Waals surface area contributed by atoms with Crippen molar-refractivity contribution < 1.29 is 5.11 Å². The first kappa shape index (κ1) is 15.2. The van der Waals surface area contributed by atoms with E-state index >= 15 is 0 Å². The zero-order valence-corrected chi connectivity index (χ0v) is 13.6. The number of aliphatic hydroxyl groups is 1. The molecule has 0 radical (unpaired) electrons. The van der Waals surface area contributed by atoms with E-state index in [1.54, 1.807) is 17.8 Å². The maximum atomic E-state index is 10.5. The van der Waals surface area contributed by atoms with Crippen LogP contribution in [-0.4, -0.2) is 21.4 Å². The summed E-state index contributed by atoms with van der Waals surface area (Å²) in [4.78, 5) is 0. The number of aryl methyl sites for hydroxylation is 2. The lowest BCUT2D eigenvalue weighted by atomic mass is 9.99. The van der Waals surface area contributed by atoms with Gasteiger partial charge in [-0.05, 0) is 31.0 Å². The molecule has 0 saturated carbocycles. The molecule has 1 unspecified atom stereocenters. The smallest absolute Gasteiger partial charge is 0.102 e. The number of benzene rings is 1. The monoisotopic (exact) mass is 337 g/mol. The van der Waals surface area contributed by atoms with Crippen molar-refractivity contribution in [1.29, 1.82) is 0 Å². The minimum Gasteiger partial charge on any atom is -0.384 e. The summed E-state index contributed by atoms with van der Waals surface area (Å²) in [5.74, 6) is 0. The minimum atomic E-state index is -0.918. The SMILES string of the molecule is Cc1cc(CNCC(C)(O)c2cnn(C)c2)ccc1Br. The second-order valence-corrected chi connectivity index (χ2v) is 6.22. The molecule has 0 aliphatic rings. The van der Waals surface area contributed by atoms with Crippen LogP contribution >= 0.6 is 15.9 Å². The number of halogens is 1. The third-order valence-electron chi connectivity index (χ3n) is 3.35. The molecule has 1 heterocycles. The zero-order chi connectivity index (χ0) is 14.8. The Labute approximate surface area is 127 Å². The topological polar surface area (TPSA) is 50.1 Å². The van der Waals surface area contributed by atoms with Gasteiger partial charge in [-0.3, -0.25) is 4.68 Å². The van der Waals surface area contributed by atoms with E-state index in [1.165, 1.54) is 11.1 Å². The van der Waals surface area contributed by atoms with Crippen LogP contribution in [0.5, 0.6) is 0 Å². The Balaban J connectivity index is 1.93. The highest BCUT2D eigenvalue weighted by molar-refractivity contribution is 9.10. The predicted molar refractivity (Wildman–Crippen MR) is 83.4 cm³/mol. The molecule has 108 valence electrons. The van der Waals surface area contributed by atoms with E-state index in [2.05, 4.69) is 45.4 Å². The van der Waals surface area contributed by atoms with E-state index in [4.69, 9.17) is 0 Å². The minimum absolute atomic E-state index is 0.480. The van der Waals surface area contributed by atoms with E-state index in [9.17, 15) is 5.11 Å². The van der Waals surface area contributed by atoms with Crippen LogP contribution in [0.25, 0.3) is 0 Å². The van der Waals surface area contributed by atoms with Crippen molar-refractivity contribution in [2.45, 2.75) is 26.0 Å². The Morgan fingerprint density at radius 2 is 2.20 bits per heavy atom. The van der Waals surface area contributed by atoms with Gasteiger partial charge < -0.3 is 10.4 Å². The molecule has 1 aromatic carbocycles. The van der Waals surface area contributed by atoms with Crippen LogP contribution < -0.4 is 5.32 Å². The standard InChI is InChI=1S/C15H20BrN3O/c1-11-6-12(4-5-14(11)16)7-17-10-15(2,20)13-8-18-19(3)9-13/h4-6,8-9,17,20H,7,10H2,1-3H3. The highest BCUT2D eigenvalue weighted by Crippen LogP contribution is 2.19. The maximum absolute atomic E-state index is 10.5. The van der Waals surface area contributed by atoms with E-state index in [0.717, 1.165) is 16.6 Å². The van der Waals surface area contributed by atoms with Crippen molar-refractivity contribution >= 4 is 15.9 Å². The zero-order valence-electron chi connectivity index (χ0n) is 12.0. The lowest BCUT2D eigenvalue weighted by Crippen LogP contribution is -2.34. The largest absolute Gasteiger partial charge is 0.384 e. The van der Waals surface area contributed by atoms with Crippen LogP contribution in [0.15, 0.2) is 35.1 Å². The number of nitrogens with one attached hydrogen (secondary N) is 1. The quantitative estimate of drug-likeness (QED) is 0.881. The summed E-state index contributed by atoms with van der Waals surface area (Å²) in [5, 5.41) is 17.8. The molecule has 1 aromatic heterocycles. The second-order valence-electron chi connectivity index (χ2n) is 5.36. The second kappa shape index (κ2) is 6.08. The average Bonchev–Trinajstić information content (AvgIpc) is 2.81. The molecule has 1 atom stereocenters. The van der Waals surface area contributed by atoms with Crippen LogP contribution in [0.1, 0.15) is 23.6 Å². The van der Waals surface area contributed by atoms with Gasteiger partial charge in [0.15, 0.2) is 0 Å². The van der Waals surface area contributed by atoms with Gasteiger partial charge in [0, 0.05) is 36.4 Å². The van der Waals surface area contributed by atoms with Gasteiger partial charge in [-0.25, -0.2) is 0 Å². The van der Waals surface area contributed by atoms with E-state index in [0.29, 0.717) is 6.54 Å². The predicted octanol–water partition coefficient (Wildman–Crippen LogP) is 2.49. The first-order chi connectivity index (χ1) is 9.38. The summed E-state index contributed by atoms with van der Waals surface area (Å²) in [6.07, 6.45) is 3.54. The van der Waals surface area contributed by atoms with Crippen molar-refractivity contribution in [2.75, 3.05) is 6.54 Å². The van der Waals surface area contributed by atoms with Gasteiger partial charge in [0.05, 0.1) is 6.20 Å². The lowest BCUT2D eigenvalue weighted by molar-refractivity contribution is 0.0566. The normalized spacial score (nSPS) is 14.2. The van der Waals surface area contributed by atoms with Gasteiger partial charge in [-0.1, -0.05) is 28.1 Å². The number of hydrogen-bond acceptors (Lipinski definition) is 3. The Morgan fingerprint density at radius 3 is 2.80 bits per heavy atom. The Kier molecular flexibility index (Phi) is 4.62. The molecular formula is C15H20BrN3O. The van der Waals surface area contributed by atoms with Crippen molar-refractivity contribution in [1.82, 2.24) is 15.1 Å². The molecule has 4 nitrogen and oxygen atoms in total. The molecule has 0 saturated heterocycles. The molecule has 0 aliphatic carbocycles. The summed E-state index contributed by atoms with van der Waals surface area (Å²) in [6.45, 7) is 5.07. The van der Waals surface area contributed by atoms with Gasteiger partial charge in [-0.2, -0.15) is 5.10 Å². The number of nitrogens with zero attached hydrogens (tertiary/aromatic N) is 2. The van der Waals surface area contributed by atoms with Crippen LogP contribution in [0.4, 0.5) is 0 Å². The fourth-order valence-corrected chi connectivity index (χ4v) is 2.32. The van der Waals surface area contributed by atoms with Gasteiger partial charge in [0.25, 0.3) is 0 Å². The Morgan fingerprint density at radius 1 is 1.45 bits per heavy atom. The number of hydrogen-bond donors (Lipinski definition) is 2. The molecular weight excluding hydrogens is 318 g/mol. The van der Waals surface area contributed by atoms with Gasteiger partial charge in [-0.15, -0.1) is 0 Å². The maximum Gasteiger partial charge on any atom is 0.102 e. The fraction of sp³-hybridized carbons (Fsp3) is 0.400. The first-order valence-electron chi connectivity index (χ1n) is 6.56. The molecule has 20 heavy (non-hydrogen) atoms. The van der Waals surface area contributed by atoms with Crippen molar-refractivity contribution in [3.63, 3.8) is 0 Å². The Bertz CT molecular complexity index is 593. The summed E-state index contributed by atoms with van der Waals surface area (Å²) >= 11 is 3.49. The molecule has 2 aromatic rings. The average molecular weight is 338 g/mol. The highest BCUT2D eigenvalue weighted by Gasteiger charge is 2.24. The summed E-state index contributed by atoms with van der Waals surface area (Å²) in [6, 6.07) is 6.25. The molecule has 0 bridgehead atoms. The van der Waals surface area contributed by atoms with Gasteiger partial charge >= 0.3 is 0 Å². The fourth-order valence-electron chi connectivity index (χ4n) is 2.07. The third-order valence-corrected chi connectivity index (χ3v) is 4.24. The number of rotatable bonds is 5.